The van der Waals surface area contributed by atoms with Gasteiger partial charge in [0.25, 0.3) is 0 Å². The summed E-state index contributed by atoms with van der Waals surface area (Å²) in [5.74, 6) is 0. The molecule has 7 aromatic carbocycles. The summed E-state index contributed by atoms with van der Waals surface area (Å²) in [6, 6.07) is 24.7. The Morgan fingerprint density at radius 1 is 0.512 bits per heavy atom. The molecule has 0 aliphatic carbocycles. The zero-order valence-electron chi connectivity index (χ0n) is 31.5. The number of hydrogen-bond donors (Lipinski definition) is 0. The van der Waals surface area contributed by atoms with Crippen molar-refractivity contribution in [1.29, 1.82) is 0 Å². The van der Waals surface area contributed by atoms with E-state index in [1.165, 1.54) is 4.90 Å². The molecule has 43 heavy (non-hydrogen) atoms. The molecule has 0 radical (unpaired) electrons. The van der Waals surface area contributed by atoms with Crippen molar-refractivity contribution >= 4 is 71.7 Å². The first-order chi connectivity index (χ1) is 25.1. The average molecular weight is 561 g/mol. The van der Waals surface area contributed by atoms with E-state index in [4.69, 9.17) is 18.4 Å². The molecule has 0 N–H and O–H groups in total. The largest absolute Gasteiger partial charge is 0.455 e. The molecule has 0 aliphatic rings. The SMILES string of the molecule is [2H]c1c([2H])c([2H])c(N(c2c([2H])c([2H])c([2H])c(-c3cccc4c3oc3ccccc34)c2[2H])c2cccc3oc4c5ccccc5ccc4c23)c([2H])c1[2H]. The van der Waals surface area contributed by atoms with Gasteiger partial charge in [-0.1, -0.05) is 103 Å². The number of furan rings is 2. The number of hydrogen-bond acceptors (Lipinski definition) is 3. The molecule has 3 heteroatoms. The van der Waals surface area contributed by atoms with E-state index in [-0.39, 0.29) is 34.7 Å². The minimum Gasteiger partial charge on any atom is -0.455 e. The van der Waals surface area contributed by atoms with Crippen molar-refractivity contribution in [2.24, 2.45) is 0 Å². The van der Waals surface area contributed by atoms with Crippen LogP contribution in [0.25, 0.3) is 65.8 Å². The van der Waals surface area contributed by atoms with Gasteiger partial charge in [0.15, 0.2) is 0 Å². The molecule has 3 nitrogen and oxygen atoms in total. The minimum absolute atomic E-state index is 0.00626. The van der Waals surface area contributed by atoms with Gasteiger partial charge in [-0.25, -0.2) is 0 Å². The van der Waals surface area contributed by atoms with Gasteiger partial charge in [-0.15, -0.1) is 0 Å². The lowest BCUT2D eigenvalue weighted by Gasteiger charge is -2.26. The predicted octanol–water partition coefficient (Wildman–Crippen LogP) is 11.8. The number of nitrogens with zero attached hydrogens (tertiary/aromatic N) is 1. The molecular weight excluding hydrogens is 526 g/mol. The van der Waals surface area contributed by atoms with Crippen molar-refractivity contribution in [3.8, 4) is 11.1 Å². The Balaban J connectivity index is 1.44. The number of anilines is 3. The highest BCUT2D eigenvalue weighted by Gasteiger charge is 2.21. The van der Waals surface area contributed by atoms with Crippen LogP contribution in [0.1, 0.15) is 12.3 Å². The Kier molecular flexibility index (Phi) is 3.61. The van der Waals surface area contributed by atoms with Gasteiger partial charge in [0, 0.05) is 38.5 Å². The van der Waals surface area contributed by atoms with Gasteiger partial charge in [0.1, 0.15) is 22.3 Å². The van der Waals surface area contributed by atoms with Crippen molar-refractivity contribution in [1.82, 2.24) is 0 Å². The highest BCUT2D eigenvalue weighted by atomic mass is 16.3. The zero-order valence-corrected chi connectivity index (χ0v) is 22.5. The summed E-state index contributed by atoms with van der Waals surface area (Å²) >= 11 is 0. The van der Waals surface area contributed by atoms with Crippen LogP contribution in [-0.4, -0.2) is 0 Å². The van der Waals surface area contributed by atoms with Crippen molar-refractivity contribution in [2.75, 3.05) is 4.90 Å². The Morgan fingerprint density at radius 2 is 1.26 bits per heavy atom. The maximum Gasteiger partial charge on any atom is 0.143 e. The van der Waals surface area contributed by atoms with Gasteiger partial charge >= 0.3 is 0 Å². The van der Waals surface area contributed by atoms with Gasteiger partial charge < -0.3 is 13.7 Å². The van der Waals surface area contributed by atoms with Gasteiger partial charge in [-0.2, -0.15) is 0 Å². The second-order valence-corrected chi connectivity index (χ2v) is 10.2. The van der Waals surface area contributed by atoms with Crippen LogP contribution in [0.5, 0.6) is 0 Å². The van der Waals surface area contributed by atoms with E-state index in [9.17, 15) is 2.74 Å². The molecule has 0 atom stereocenters. The molecular formula is C40H25NO2. The van der Waals surface area contributed by atoms with E-state index in [0.717, 1.165) is 21.5 Å². The first-order valence-electron chi connectivity index (χ1n) is 18.3. The average Bonchev–Trinajstić information content (AvgIpc) is 3.74. The van der Waals surface area contributed by atoms with Gasteiger partial charge in [0.2, 0.25) is 0 Å². The third-order valence-electron chi connectivity index (χ3n) is 7.83. The summed E-state index contributed by atoms with van der Waals surface area (Å²) in [7, 11) is 0. The maximum atomic E-state index is 9.75. The summed E-state index contributed by atoms with van der Waals surface area (Å²) in [5, 5.41) is 4.51. The molecule has 0 aliphatic heterocycles. The second kappa shape index (κ2) is 9.37. The Hall–Kier alpha value is -5.80. The van der Waals surface area contributed by atoms with E-state index in [1.54, 1.807) is 30.3 Å². The van der Waals surface area contributed by atoms with E-state index in [1.807, 2.05) is 66.7 Å². The lowest BCUT2D eigenvalue weighted by molar-refractivity contribution is 0.670. The fraction of sp³-hybridized carbons (Fsp3) is 0. The molecule has 0 saturated heterocycles. The topological polar surface area (TPSA) is 29.5 Å². The quantitative estimate of drug-likeness (QED) is 0.214. The smallest absolute Gasteiger partial charge is 0.143 e. The van der Waals surface area contributed by atoms with Gasteiger partial charge in [0.05, 0.1) is 23.4 Å². The van der Waals surface area contributed by atoms with E-state index in [0.29, 0.717) is 38.7 Å². The van der Waals surface area contributed by atoms with E-state index >= 15 is 0 Å². The molecule has 0 spiro atoms. The van der Waals surface area contributed by atoms with Crippen LogP contribution in [0.15, 0.2) is 160 Å². The molecule has 0 amide bonds. The highest BCUT2D eigenvalue weighted by Crippen LogP contribution is 2.45. The molecule has 0 unspecified atom stereocenters. The highest BCUT2D eigenvalue weighted by molar-refractivity contribution is 6.19. The molecule has 0 bridgehead atoms. The summed E-state index contributed by atoms with van der Waals surface area (Å²) in [6.45, 7) is 0. The summed E-state index contributed by atoms with van der Waals surface area (Å²) in [6.07, 6.45) is 0. The fourth-order valence-electron chi connectivity index (χ4n) is 5.95. The van der Waals surface area contributed by atoms with Gasteiger partial charge in [-0.05, 0) is 59.4 Å². The molecule has 9 aromatic rings. The predicted molar refractivity (Wildman–Crippen MR) is 179 cm³/mol. The summed E-state index contributed by atoms with van der Waals surface area (Å²) < 4.78 is 93.5. The number of para-hydroxylation sites is 3. The van der Waals surface area contributed by atoms with Crippen molar-refractivity contribution < 1.29 is 21.2 Å². The Morgan fingerprint density at radius 3 is 2.19 bits per heavy atom. The molecule has 2 heterocycles. The first kappa shape index (κ1) is 16.6. The number of rotatable bonds is 4. The third-order valence-corrected chi connectivity index (χ3v) is 7.83. The molecule has 9 rings (SSSR count). The van der Waals surface area contributed by atoms with E-state index in [2.05, 4.69) is 0 Å². The molecule has 202 valence electrons. The van der Waals surface area contributed by atoms with Crippen molar-refractivity contribution in [2.45, 2.75) is 0 Å². The normalized spacial score (nSPS) is 14.7. The molecule has 2 aromatic heterocycles. The third kappa shape index (κ3) is 3.68. The first-order valence-corrected chi connectivity index (χ1v) is 13.8. The van der Waals surface area contributed by atoms with Gasteiger partial charge in [-0.3, -0.25) is 0 Å². The fourth-order valence-corrected chi connectivity index (χ4v) is 5.95. The number of fused-ring (bicyclic) bond motifs is 8. The van der Waals surface area contributed by atoms with E-state index < -0.39 is 42.3 Å². The summed E-state index contributed by atoms with van der Waals surface area (Å²) in [4.78, 5) is 1.29. The maximum absolute atomic E-state index is 9.75. The Labute approximate surface area is 260 Å². The molecule has 0 fully saturated rings. The van der Waals surface area contributed by atoms with Crippen LogP contribution in [0.2, 0.25) is 0 Å². The Bertz CT molecular complexity index is 2960. The zero-order chi connectivity index (χ0) is 36.2. The van der Waals surface area contributed by atoms with Crippen LogP contribution in [0.3, 0.4) is 0 Å². The van der Waals surface area contributed by atoms with Crippen LogP contribution < -0.4 is 4.90 Å². The standard InChI is InChI=1S/C40H25NO2/c1-2-13-28(14-3-1)41(35-20-10-22-37-38(35)34-24-23-26-11-4-5-16-30(26)40(34)43-37)29-15-8-12-27(25-29)31-18-9-19-33-32-17-6-7-21-36(32)42-39(31)33/h1-25H/i1D,2D,3D,8D,12D,13D,14D,15D,25D. The lowest BCUT2D eigenvalue weighted by atomic mass is 10.0. The van der Waals surface area contributed by atoms with Crippen molar-refractivity contribution in [3.05, 3.63) is 151 Å². The lowest BCUT2D eigenvalue weighted by Crippen LogP contribution is -2.10. The number of benzene rings is 7. The van der Waals surface area contributed by atoms with Crippen LogP contribution in [0, 0.1) is 0 Å². The van der Waals surface area contributed by atoms with Crippen molar-refractivity contribution in [3.63, 3.8) is 0 Å². The van der Waals surface area contributed by atoms with Crippen LogP contribution >= 0.6 is 0 Å². The van der Waals surface area contributed by atoms with Crippen LogP contribution in [0.4, 0.5) is 17.1 Å². The second-order valence-electron chi connectivity index (χ2n) is 10.2. The summed E-state index contributed by atoms with van der Waals surface area (Å²) in [5.41, 5.74) is 2.01. The van der Waals surface area contributed by atoms with Crippen LogP contribution in [-0.2, 0) is 0 Å². The molecule has 0 saturated carbocycles. The minimum atomic E-state index is -0.607. The monoisotopic (exact) mass is 560 g/mol.